The Morgan fingerprint density at radius 3 is 2.55 bits per heavy atom. The minimum absolute atomic E-state index is 0.101. The highest BCUT2D eigenvalue weighted by atomic mass is 35.5. The maximum absolute atomic E-state index is 12.1. The molecule has 0 saturated heterocycles. The zero-order valence-electron chi connectivity index (χ0n) is 14.8. The number of nitrogens with zero attached hydrogens (tertiary/aromatic N) is 3. The van der Waals surface area contributed by atoms with Gasteiger partial charge in [0.25, 0.3) is 11.6 Å². The zero-order valence-corrected chi connectivity index (χ0v) is 15.5. The lowest BCUT2D eigenvalue weighted by atomic mass is 10.1. The SMILES string of the molecule is O=C(NN=Cc1cc2cc3c(cc2nc1Cl)OCCO3)c1ccc([N+](=O)[O-])cc1. The van der Waals surface area contributed by atoms with Crippen LogP contribution >= 0.6 is 11.6 Å². The van der Waals surface area contributed by atoms with Gasteiger partial charge in [0.2, 0.25) is 0 Å². The number of nitro groups is 1. The van der Waals surface area contributed by atoms with Crippen LogP contribution in [0.15, 0.2) is 47.6 Å². The molecule has 1 N–H and O–H groups in total. The minimum atomic E-state index is -0.539. The van der Waals surface area contributed by atoms with Gasteiger partial charge in [0.05, 0.1) is 16.7 Å². The van der Waals surface area contributed by atoms with Crippen LogP contribution in [0.25, 0.3) is 10.9 Å². The molecule has 4 rings (SSSR count). The summed E-state index contributed by atoms with van der Waals surface area (Å²) in [5.41, 5.74) is 3.63. The highest BCUT2D eigenvalue weighted by Gasteiger charge is 2.14. The summed E-state index contributed by atoms with van der Waals surface area (Å²) in [6.07, 6.45) is 1.37. The largest absolute Gasteiger partial charge is 0.486 e. The number of aromatic nitrogens is 1. The maximum Gasteiger partial charge on any atom is 0.271 e. The normalized spacial score (nSPS) is 12.9. The highest BCUT2D eigenvalue weighted by molar-refractivity contribution is 6.32. The summed E-state index contributed by atoms with van der Waals surface area (Å²) in [6, 6.07) is 10.5. The number of carbonyl (C=O) groups is 1. The number of pyridine rings is 1. The third-order valence-electron chi connectivity index (χ3n) is 4.17. The fourth-order valence-corrected chi connectivity index (χ4v) is 2.95. The van der Waals surface area contributed by atoms with Crippen molar-refractivity contribution in [3.8, 4) is 11.5 Å². The number of non-ortho nitro benzene ring substituents is 1. The van der Waals surface area contributed by atoms with E-state index in [9.17, 15) is 14.9 Å². The van der Waals surface area contributed by atoms with E-state index < -0.39 is 10.8 Å². The Kier molecular flexibility index (Phi) is 4.96. The van der Waals surface area contributed by atoms with Gasteiger partial charge in [-0.1, -0.05) is 11.6 Å². The van der Waals surface area contributed by atoms with Crippen molar-refractivity contribution < 1.29 is 19.2 Å². The summed E-state index contributed by atoms with van der Waals surface area (Å²) in [6.45, 7) is 0.952. The van der Waals surface area contributed by atoms with Crippen molar-refractivity contribution in [1.82, 2.24) is 10.4 Å². The van der Waals surface area contributed by atoms with E-state index in [0.717, 1.165) is 5.39 Å². The van der Waals surface area contributed by atoms with E-state index in [-0.39, 0.29) is 16.4 Å². The molecule has 146 valence electrons. The molecule has 0 saturated carbocycles. The summed E-state index contributed by atoms with van der Waals surface area (Å²) in [7, 11) is 0. The van der Waals surface area contributed by atoms with E-state index in [0.29, 0.717) is 35.8 Å². The lowest BCUT2D eigenvalue weighted by molar-refractivity contribution is -0.384. The number of hydrogen-bond donors (Lipinski definition) is 1. The number of fused-ring (bicyclic) bond motifs is 2. The predicted octanol–water partition coefficient (Wildman–Crippen LogP) is 3.33. The molecule has 10 heteroatoms. The molecule has 0 fully saturated rings. The smallest absolute Gasteiger partial charge is 0.271 e. The van der Waals surface area contributed by atoms with Crippen molar-refractivity contribution in [2.45, 2.75) is 0 Å². The third-order valence-corrected chi connectivity index (χ3v) is 4.47. The van der Waals surface area contributed by atoms with Crippen LogP contribution in [0.4, 0.5) is 5.69 Å². The first-order valence-electron chi connectivity index (χ1n) is 8.49. The first kappa shape index (κ1) is 18.6. The number of halogens is 1. The monoisotopic (exact) mass is 412 g/mol. The van der Waals surface area contributed by atoms with Crippen LogP contribution in [0.1, 0.15) is 15.9 Å². The number of amides is 1. The topological polar surface area (TPSA) is 116 Å². The number of rotatable bonds is 4. The average molecular weight is 413 g/mol. The fraction of sp³-hybridized carbons (Fsp3) is 0.105. The molecule has 3 aromatic rings. The molecule has 1 aliphatic heterocycles. The van der Waals surface area contributed by atoms with Crippen molar-refractivity contribution in [2.75, 3.05) is 13.2 Å². The minimum Gasteiger partial charge on any atom is -0.486 e. The summed E-state index contributed by atoms with van der Waals surface area (Å²) >= 11 is 6.21. The quantitative estimate of drug-likeness (QED) is 0.304. The van der Waals surface area contributed by atoms with Gasteiger partial charge >= 0.3 is 0 Å². The average Bonchev–Trinajstić information content (AvgIpc) is 2.72. The Hall–Kier alpha value is -3.72. The van der Waals surface area contributed by atoms with Gasteiger partial charge in [0, 0.05) is 34.7 Å². The van der Waals surface area contributed by atoms with Gasteiger partial charge in [-0.2, -0.15) is 5.10 Å². The Bertz CT molecular complexity index is 1150. The van der Waals surface area contributed by atoms with Crippen molar-refractivity contribution in [2.24, 2.45) is 5.10 Å². The molecular formula is C19H13ClN4O5. The van der Waals surface area contributed by atoms with Crippen LogP contribution in [0.5, 0.6) is 11.5 Å². The molecule has 1 aliphatic rings. The van der Waals surface area contributed by atoms with E-state index in [1.807, 2.05) is 0 Å². The number of ether oxygens (including phenoxy) is 2. The van der Waals surface area contributed by atoms with Gasteiger partial charge in [-0.15, -0.1) is 0 Å². The lowest BCUT2D eigenvalue weighted by Gasteiger charge is -2.18. The van der Waals surface area contributed by atoms with E-state index in [4.69, 9.17) is 21.1 Å². The number of nitrogens with one attached hydrogen (secondary N) is 1. The summed E-state index contributed by atoms with van der Waals surface area (Å²) in [5.74, 6) is 0.729. The molecule has 9 nitrogen and oxygen atoms in total. The molecule has 0 radical (unpaired) electrons. The fourth-order valence-electron chi connectivity index (χ4n) is 2.75. The van der Waals surface area contributed by atoms with Crippen LogP contribution < -0.4 is 14.9 Å². The standard InChI is InChI=1S/C19H13ClN4O5/c20-18-13(7-12-8-16-17(9-15(12)22-18)29-6-5-28-16)10-21-23-19(25)11-1-3-14(4-2-11)24(26)27/h1-4,7-10H,5-6H2,(H,23,25). The van der Waals surface area contributed by atoms with Crippen LogP contribution in [-0.4, -0.2) is 35.2 Å². The molecule has 0 aliphatic carbocycles. The number of benzene rings is 2. The number of carbonyl (C=O) groups excluding carboxylic acids is 1. The van der Waals surface area contributed by atoms with Crippen LogP contribution in [0.3, 0.4) is 0 Å². The zero-order chi connectivity index (χ0) is 20.4. The molecule has 0 unspecified atom stereocenters. The first-order chi connectivity index (χ1) is 14.0. The number of nitro benzene ring substituents is 1. The van der Waals surface area contributed by atoms with E-state index in [1.54, 1.807) is 18.2 Å². The second kappa shape index (κ2) is 7.72. The molecule has 1 amide bonds. The van der Waals surface area contributed by atoms with Gasteiger partial charge in [-0.05, 0) is 24.3 Å². The van der Waals surface area contributed by atoms with Crippen LogP contribution in [0.2, 0.25) is 5.15 Å². The van der Waals surface area contributed by atoms with Crippen LogP contribution in [-0.2, 0) is 0 Å². The molecule has 29 heavy (non-hydrogen) atoms. The van der Waals surface area contributed by atoms with Gasteiger partial charge in [-0.3, -0.25) is 14.9 Å². The second-order valence-corrected chi connectivity index (χ2v) is 6.42. The predicted molar refractivity (Wildman–Crippen MR) is 106 cm³/mol. The van der Waals surface area contributed by atoms with Gasteiger partial charge in [0.15, 0.2) is 11.5 Å². The van der Waals surface area contributed by atoms with Crippen molar-refractivity contribution in [1.29, 1.82) is 0 Å². The third kappa shape index (κ3) is 3.94. The molecule has 0 spiro atoms. The number of hydrazone groups is 1. The molecular weight excluding hydrogens is 400 g/mol. The Morgan fingerprint density at radius 2 is 1.86 bits per heavy atom. The lowest BCUT2D eigenvalue weighted by Crippen LogP contribution is -2.17. The van der Waals surface area contributed by atoms with E-state index in [2.05, 4.69) is 15.5 Å². The summed E-state index contributed by atoms with van der Waals surface area (Å²) in [4.78, 5) is 26.6. The van der Waals surface area contributed by atoms with Gasteiger partial charge in [-0.25, -0.2) is 10.4 Å². The molecule has 0 atom stereocenters. The Morgan fingerprint density at radius 1 is 1.17 bits per heavy atom. The van der Waals surface area contributed by atoms with Crippen molar-refractivity contribution in [3.05, 3.63) is 68.9 Å². The molecule has 2 aromatic carbocycles. The molecule has 2 heterocycles. The van der Waals surface area contributed by atoms with Crippen molar-refractivity contribution >= 4 is 40.3 Å². The Balaban J connectivity index is 1.52. The van der Waals surface area contributed by atoms with Crippen LogP contribution in [0, 0.1) is 10.1 Å². The summed E-state index contributed by atoms with van der Waals surface area (Å²) in [5, 5.41) is 15.5. The number of hydrogen-bond acceptors (Lipinski definition) is 7. The Labute approximate surface area is 169 Å². The second-order valence-electron chi connectivity index (χ2n) is 6.06. The molecule has 1 aromatic heterocycles. The summed E-state index contributed by atoms with van der Waals surface area (Å²) < 4.78 is 11.1. The molecule has 0 bridgehead atoms. The first-order valence-corrected chi connectivity index (χ1v) is 8.87. The van der Waals surface area contributed by atoms with E-state index in [1.165, 1.54) is 30.5 Å². The highest BCUT2D eigenvalue weighted by Crippen LogP contribution is 2.34. The van der Waals surface area contributed by atoms with Gasteiger partial charge in [0.1, 0.15) is 18.4 Å². The maximum atomic E-state index is 12.1. The van der Waals surface area contributed by atoms with Gasteiger partial charge < -0.3 is 9.47 Å². The van der Waals surface area contributed by atoms with Crippen molar-refractivity contribution in [3.63, 3.8) is 0 Å². The van der Waals surface area contributed by atoms with E-state index >= 15 is 0 Å².